The molecule has 1 atom stereocenters. The summed E-state index contributed by atoms with van der Waals surface area (Å²) in [5.74, 6) is 0.628. The van der Waals surface area contributed by atoms with E-state index >= 15 is 0 Å². The van der Waals surface area contributed by atoms with Gasteiger partial charge in [-0.05, 0) is 42.9 Å². The van der Waals surface area contributed by atoms with Crippen LogP contribution in [-0.2, 0) is 6.42 Å². The Balaban J connectivity index is 1.58. The second kappa shape index (κ2) is 7.95. The summed E-state index contributed by atoms with van der Waals surface area (Å²) < 4.78 is 0. The molecule has 126 valence electrons. The van der Waals surface area contributed by atoms with Gasteiger partial charge in [-0.1, -0.05) is 37.3 Å². The summed E-state index contributed by atoms with van der Waals surface area (Å²) in [5.41, 5.74) is 2.79. The highest BCUT2D eigenvalue weighted by Gasteiger charge is 2.22. The van der Waals surface area contributed by atoms with Gasteiger partial charge in [0, 0.05) is 31.5 Å². The van der Waals surface area contributed by atoms with Gasteiger partial charge < -0.3 is 10.2 Å². The topological polar surface area (TPSA) is 45.2 Å². The third-order valence-electron chi connectivity index (χ3n) is 4.51. The average molecular weight is 323 g/mol. The molecule has 4 nitrogen and oxygen atoms in total. The van der Waals surface area contributed by atoms with Crippen molar-refractivity contribution in [2.24, 2.45) is 5.92 Å². The summed E-state index contributed by atoms with van der Waals surface area (Å²) in [6, 6.07) is 14.2. The lowest BCUT2D eigenvalue weighted by atomic mass is 10.00. The van der Waals surface area contributed by atoms with Crippen molar-refractivity contribution in [2.75, 3.05) is 25.0 Å². The molecule has 1 N–H and O–H groups in total. The van der Waals surface area contributed by atoms with E-state index < -0.39 is 0 Å². The summed E-state index contributed by atoms with van der Waals surface area (Å²) in [4.78, 5) is 18.8. The molecule has 0 aliphatic carbocycles. The molecular weight excluding hydrogens is 298 g/mol. The summed E-state index contributed by atoms with van der Waals surface area (Å²) in [6.07, 6.45) is 4.96. The minimum absolute atomic E-state index is 0.0493. The van der Waals surface area contributed by atoms with Gasteiger partial charge in [-0.15, -0.1) is 0 Å². The number of nitrogens with one attached hydrogen (secondary N) is 1. The van der Waals surface area contributed by atoms with E-state index in [1.165, 1.54) is 12.0 Å². The maximum absolute atomic E-state index is 12.6. The zero-order chi connectivity index (χ0) is 16.8. The standard InChI is InChI=1S/C20H25N3O/c1-16-6-5-13-23(15-16)20(24)19-14-18(10-12-22-19)21-11-9-17-7-3-2-4-8-17/h2-4,7-8,10,12,14,16H,5-6,9,11,13,15H2,1H3,(H,21,22). The molecule has 0 bridgehead atoms. The number of hydrogen-bond donors (Lipinski definition) is 1. The van der Waals surface area contributed by atoms with Gasteiger partial charge in [0.1, 0.15) is 5.69 Å². The lowest BCUT2D eigenvalue weighted by molar-refractivity contribution is 0.0677. The molecule has 1 aromatic carbocycles. The number of carbonyl (C=O) groups is 1. The second-order valence-corrected chi connectivity index (χ2v) is 6.59. The van der Waals surface area contributed by atoms with E-state index in [0.29, 0.717) is 11.6 Å². The molecule has 1 amide bonds. The first kappa shape index (κ1) is 16.5. The Morgan fingerprint density at radius 3 is 2.92 bits per heavy atom. The average Bonchev–Trinajstić information content (AvgIpc) is 2.62. The van der Waals surface area contributed by atoms with Crippen LogP contribution in [0.3, 0.4) is 0 Å². The highest BCUT2D eigenvalue weighted by Crippen LogP contribution is 2.18. The Morgan fingerprint density at radius 2 is 2.12 bits per heavy atom. The van der Waals surface area contributed by atoms with Gasteiger partial charge in [-0.25, -0.2) is 0 Å². The lowest BCUT2D eigenvalue weighted by Gasteiger charge is -2.30. The molecular formula is C20H25N3O. The predicted octanol–water partition coefficient (Wildman–Crippen LogP) is 3.61. The van der Waals surface area contributed by atoms with Crippen molar-refractivity contribution in [1.29, 1.82) is 0 Å². The van der Waals surface area contributed by atoms with E-state index in [9.17, 15) is 4.79 Å². The third kappa shape index (κ3) is 4.34. The van der Waals surface area contributed by atoms with E-state index in [1.807, 2.05) is 23.1 Å². The number of nitrogens with zero attached hydrogens (tertiary/aromatic N) is 2. The van der Waals surface area contributed by atoms with Crippen LogP contribution in [0.1, 0.15) is 35.8 Å². The fourth-order valence-corrected chi connectivity index (χ4v) is 3.19. The summed E-state index contributed by atoms with van der Waals surface area (Å²) in [5, 5.41) is 3.39. The van der Waals surface area contributed by atoms with Gasteiger partial charge in [0.25, 0.3) is 5.91 Å². The summed E-state index contributed by atoms with van der Waals surface area (Å²) in [6.45, 7) is 4.72. The molecule has 1 saturated heterocycles. The lowest BCUT2D eigenvalue weighted by Crippen LogP contribution is -2.39. The first-order valence-electron chi connectivity index (χ1n) is 8.75. The first-order chi connectivity index (χ1) is 11.7. The molecule has 0 radical (unpaired) electrons. The molecule has 24 heavy (non-hydrogen) atoms. The number of amides is 1. The van der Waals surface area contributed by atoms with Gasteiger partial charge in [0.2, 0.25) is 0 Å². The van der Waals surface area contributed by atoms with Crippen LogP contribution in [0.15, 0.2) is 48.7 Å². The molecule has 1 unspecified atom stereocenters. The van der Waals surface area contributed by atoms with Crippen LogP contribution in [0.4, 0.5) is 5.69 Å². The number of aromatic nitrogens is 1. The largest absolute Gasteiger partial charge is 0.385 e. The van der Waals surface area contributed by atoms with Crippen molar-refractivity contribution in [3.63, 3.8) is 0 Å². The number of carbonyl (C=O) groups excluding carboxylic acids is 1. The highest BCUT2D eigenvalue weighted by atomic mass is 16.2. The Hall–Kier alpha value is -2.36. The number of hydrogen-bond acceptors (Lipinski definition) is 3. The summed E-state index contributed by atoms with van der Waals surface area (Å²) in [7, 11) is 0. The van der Waals surface area contributed by atoms with Gasteiger partial charge in [0.05, 0.1) is 0 Å². The number of benzene rings is 1. The summed E-state index contributed by atoms with van der Waals surface area (Å²) >= 11 is 0. The van der Waals surface area contributed by atoms with Crippen LogP contribution in [0, 0.1) is 5.92 Å². The smallest absolute Gasteiger partial charge is 0.272 e. The zero-order valence-corrected chi connectivity index (χ0v) is 14.2. The highest BCUT2D eigenvalue weighted by molar-refractivity contribution is 5.93. The number of anilines is 1. The van der Waals surface area contributed by atoms with Gasteiger partial charge in [-0.2, -0.15) is 0 Å². The quantitative estimate of drug-likeness (QED) is 0.914. The van der Waals surface area contributed by atoms with E-state index in [1.54, 1.807) is 6.20 Å². The number of rotatable bonds is 5. The number of pyridine rings is 1. The van der Waals surface area contributed by atoms with Crippen LogP contribution in [0.5, 0.6) is 0 Å². The second-order valence-electron chi connectivity index (χ2n) is 6.59. The Kier molecular flexibility index (Phi) is 5.47. The molecule has 2 heterocycles. The van der Waals surface area contributed by atoms with Gasteiger partial charge >= 0.3 is 0 Å². The maximum Gasteiger partial charge on any atom is 0.272 e. The Bertz CT molecular complexity index is 672. The number of piperidine rings is 1. The van der Waals surface area contributed by atoms with Crippen molar-refractivity contribution >= 4 is 11.6 Å². The Labute approximate surface area is 143 Å². The van der Waals surface area contributed by atoms with Crippen molar-refractivity contribution in [3.8, 4) is 0 Å². The molecule has 4 heteroatoms. The van der Waals surface area contributed by atoms with E-state index in [0.717, 1.165) is 38.2 Å². The fourth-order valence-electron chi connectivity index (χ4n) is 3.19. The van der Waals surface area contributed by atoms with Crippen LogP contribution in [0.25, 0.3) is 0 Å². The maximum atomic E-state index is 12.6. The molecule has 1 fully saturated rings. The van der Waals surface area contributed by atoms with Crippen LogP contribution < -0.4 is 5.32 Å². The van der Waals surface area contributed by atoms with Crippen LogP contribution in [-0.4, -0.2) is 35.4 Å². The molecule has 3 rings (SSSR count). The van der Waals surface area contributed by atoms with Crippen LogP contribution in [0.2, 0.25) is 0 Å². The minimum atomic E-state index is 0.0493. The zero-order valence-electron chi connectivity index (χ0n) is 14.2. The minimum Gasteiger partial charge on any atom is -0.385 e. The van der Waals surface area contributed by atoms with Crippen molar-refractivity contribution in [1.82, 2.24) is 9.88 Å². The predicted molar refractivity (Wildman–Crippen MR) is 97.2 cm³/mol. The van der Waals surface area contributed by atoms with E-state index in [4.69, 9.17) is 0 Å². The van der Waals surface area contributed by atoms with Crippen LogP contribution >= 0.6 is 0 Å². The molecule has 1 aliphatic rings. The number of likely N-dealkylation sites (tertiary alicyclic amines) is 1. The molecule has 0 spiro atoms. The Morgan fingerprint density at radius 1 is 1.29 bits per heavy atom. The monoisotopic (exact) mass is 323 g/mol. The van der Waals surface area contributed by atoms with Gasteiger partial charge in [-0.3, -0.25) is 9.78 Å². The van der Waals surface area contributed by atoms with Gasteiger partial charge in [0.15, 0.2) is 0 Å². The fraction of sp³-hybridized carbons (Fsp3) is 0.400. The molecule has 1 aliphatic heterocycles. The van der Waals surface area contributed by atoms with Crippen molar-refractivity contribution < 1.29 is 4.79 Å². The molecule has 0 saturated carbocycles. The van der Waals surface area contributed by atoms with E-state index in [2.05, 4.69) is 41.5 Å². The first-order valence-corrected chi connectivity index (χ1v) is 8.75. The van der Waals surface area contributed by atoms with Crippen molar-refractivity contribution in [2.45, 2.75) is 26.2 Å². The van der Waals surface area contributed by atoms with Crippen molar-refractivity contribution in [3.05, 3.63) is 59.9 Å². The molecule has 2 aromatic rings. The molecule has 1 aromatic heterocycles. The SMILES string of the molecule is CC1CCCN(C(=O)c2cc(NCCc3ccccc3)ccn2)C1. The normalized spacial score (nSPS) is 17.5. The third-order valence-corrected chi connectivity index (χ3v) is 4.51. The van der Waals surface area contributed by atoms with E-state index in [-0.39, 0.29) is 5.91 Å².